The Kier molecular flexibility index (Phi) is 5.93. The average molecular weight is 295 g/mol. The van der Waals surface area contributed by atoms with E-state index < -0.39 is 12.0 Å². The molecule has 1 heterocycles. The maximum atomic E-state index is 12.0. The Morgan fingerprint density at radius 2 is 1.95 bits per heavy atom. The van der Waals surface area contributed by atoms with E-state index in [1.54, 1.807) is 4.68 Å². The zero-order chi connectivity index (χ0) is 16.2. The minimum atomic E-state index is -0.990. The molecule has 1 aromatic rings. The first-order valence-electron chi connectivity index (χ1n) is 7.25. The number of carbonyl (C=O) groups is 2. The van der Waals surface area contributed by atoms with Crippen molar-refractivity contribution in [2.45, 2.75) is 59.5 Å². The van der Waals surface area contributed by atoms with Crippen molar-refractivity contribution in [1.82, 2.24) is 15.1 Å². The number of nitrogens with zero attached hydrogens (tertiary/aromatic N) is 2. The second-order valence-corrected chi connectivity index (χ2v) is 6.01. The van der Waals surface area contributed by atoms with Crippen LogP contribution in [0.1, 0.15) is 51.0 Å². The monoisotopic (exact) mass is 295 g/mol. The molecule has 0 fully saturated rings. The molecule has 0 bridgehead atoms. The summed E-state index contributed by atoms with van der Waals surface area (Å²) in [6.07, 6.45) is 0.638. The summed E-state index contributed by atoms with van der Waals surface area (Å²) in [5.74, 6) is -1.04. The molecule has 2 atom stereocenters. The topological polar surface area (TPSA) is 84.2 Å². The van der Waals surface area contributed by atoms with Gasteiger partial charge in [0, 0.05) is 12.1 Å². The van der Waals surface area contributed by atoms with Gasteiger partial charge in [-0.05, 0) is 39.2 Å². The van der Waals surface area contributed by atoms with Crippen molar-refractivity contribution >= 4 is 11.9 Å². The maximum absolute atomic E-state index is 12.0. The van der Waals surface area contributed by atoms with Gasteiger partial charge in [-0.15, -0.1) is 0 Å². The first kappa shape index (κ1) is 17.2. The van der Waals surface area contributed by atoms with Crippen LogP contribution < -0.4 is 5.32 Å². The zero-order valence-corrected chi connectivity index (χ0v) is 13.4. The van der Waals surface area contributed by atoms with E-state index in [0.29, 0.717) is 6.42 Å². The van der Waals surface area contributed by atoms with Crippen LogP contribution >= 0.6 is 0 Å². The summed E-state index contributed by atoms with van der Waals surface area (Å²) in [7, 11) is 0. The summed E-state index contributed by atoms with van der Waals surface area (Å²) in [4.78, 5) is 23.2. The molecule has 0 radical (unpaired) electrons. The Morgan fingerprint density at radius 3 is 2.38 bits per heavy atom. The highest BCUT2D eigenvalue weighted by Gasteiger charge is 2.22. The summed E-state index contributed by atoms with van der Waals surface area (Å²) < 4.78 is 1.80. The molecule has 1 amide bonds. The summed E-state index contributed by atoms with van der Waals surface area (Å²) in [5.41, 5.74) is 1.90. The quantitative estimate of drug-likeness (QED) is 0.806. The van der Waals surface area contributed by atoms with Crippen molar-refractivity contribution in [1.29, 1.82) is 0 Å². The fourth-order valence-corrected chi connectivity index (χ4v) is 2.39. The highest BCUT2D eigenvalue weighted by Crippen LogP contribution is 2.14. The van der Waals surface area contributed by atoms with Crippen LogP contribution in [0.4, 0.5) is 0 Å². The highest BCUT2D eigenvalue weighted by atomic mass is 16.4. The molecule has 6 heteroatoms. The number of hydrogen-bond acceptors (Lipinski definition) is 3. The van der Waals surface area contributed by atoms with Gasteiger partial charge >= 0.3 is 5.97 Å². The number of rotatable bonds is 7. The summed E-state index contributed by atoms with van der Waals surface area (Å²) in [5, 5.41) is 16.1. The van der Waals surface area contributed by atoms with Crippen molar-refractivity contribution in [2.75, 3.05) is 0 Å². The van der Waals surface area contributed by atoms with Crippen molar-refractivity contribution in [3.63, 3.8) is 0 Å². The van der Waals surface area contributed by atoms with Gasteiger partial charge in [0.15, 0.2) is 0 Å². The van der Waals surface area contributed by atoms with Crippen molar-refractivity contribution in [3.8, 4) is 0 Å². The van der Waals surface area contributed by atoms with Gasteiger partial charge in [0.1, 0.15) is 6.04 Å². The first-order valence-corrected chi connectivity index (χ1v) is 7.25. The molecule has 1 rings (SSSR count). The molecule has 6 nitrogen and oxygen atoms in total. The average Bonchev–Trinajstić information content (AvgIpc) is 2.66. The summed E-state index contributed by atoms with van der Waals surface area (Å²) in [6.45, 7) is 9.60. The van der Waals surface area contributed by atoms with E-state index in [4.69, 9.17) is 5.11 Å². The number of carboxylic acids is 1. The number of carbonyl (C=O) groups excluding carboxylic acids is 1. The van der Waals surface area contributed by atoms with E-state index in [9.17, 15) is 9.59 Å². The second kappa shape index (κ2) is 7.24. The number of aliphatic carboxylic acids is 1. The predicted molar refractivity (Wildman–Crippen MR) is 80.1 cm³/mol. The van der Waals surface area contributed by atoms with Gasteiger partial charge in [-0.25, -0.2) is 4.79 Å². The second-order valence-electron chi connectivity index (χ2n) is 6.01. The lowest BCUT2D eigenvalue weighted by Crippen LogP contribution is -2.42. The number of carboxylic acid groups (broad SMARTS) is 1. The summed E-state index contributed by atoms with van der Waals surface area (Å²) >= 11 is 0. The minimum absolute atomic E-state index is 0.104. The van der Waals surface area contributed by atoms with E-state index in [1.165, 1.54) is 0 Å². The van der Waals surface area contributed by atoms with Gasteiger partial charge in [-0.3, -0.25) is 9.48 Å². The van der Waals surface area contributed by atoms with Gasteiger partial charge in [-0.2, -0.15) is 5.10 Å². The molecule has 21 heavy (non-hydrogen) atoms. The third-order valence-corrected chi connectivity index (χ3v) is 3.28. The molecular formula is C15H25N3O3. The Bertz CT molecular complexity index is 508. The van der Waals surface area contributed by atoms with Crippen LogP contribution in [0, 0.1) is 19.8 Å². The molecule has 0 spiro atoms. The van der Waals surface area contributed by atoms with Gasteiger partial charge in [0.05, 0.1) is 11.7 Å². The molecule has 0 aromatic carbocycles. The number of aryl methyl sites for hydroxylation is 2. The van der Waals surface area contributed by atoms with Gasteiger partial charge in [0.2, 0.25) is 5.91 Å². The largest absolute Gasteiger partial charge is 0.480 e. The number of nitrogens with one attached hydrogen (secondary N) is 1. The van der Waals surface area contributed by atoms with Crippen LogP contribution in [0.5, 0.6) is 0 Å². The normalized spacial score (nSPS) is 14.0. The molecule has 1 aromatic heterocycles. The van der Waals surface area contributed by atoms with Crippen molar-refractivity contribution in [2.24, 2.45) is 5.92 Å². The van der Waals surface area contributed by atoms with Gasteiger partial charge < -0.3 is 10.4 Å². The molecular weight excluding hydrogens is 270 g/mol. The Morgan fingerprint density at radius 1 is 1.33 bits per heavy atom. The van der Waals surface area contributed by atoms with Crippen LogP contribution in [-0.4, -0.2) is 32.8 Å². The van der Waals surface area contributed by atoms with Crippen LogP contribution in [0.15, 0.2) is 6.07 Å². The van der Waals surface area contributed by atoms with Crippen LogP contribution in [0.25, 0.3) is 0 Å². The molecule has 0 saturated heterocycles. The van der Waals surface area contributed by atoms with Crippen LogP contribution in [0.3, 0.4) is 0 Å². The first-order chi connectivity index (χ1) is 9.70. The van der Waals surface area contributed by atoms with Gasteiger partial charge in [0.25, 0.3) is 0 Å². The van der Waals surface area contributed by atoms with Crippen molar-refractivity contribution < 1.29 is 14.7 Å². The number of amides is 1. The lowest BCUT2D eigenvalue weighted by molar-refractivity contribution is -0.142. The maximum Gasteiger partial charge on any atom is 0.326 e. The molecule has 0 aliphatic carbocycles. The smallest absolute Gasteiger partial charge is 0.326 e. The van der Waals surface area contributed by atoms with E-state index in [1.807, 2.05) is 40.7 Å². The lowest BCUT2D eigenvalue weighted by atomic mass is 10.0. The van der Waals surface area contributed by atoms with Crippen LogP contribution in [-0.2, 0) is 9.59 Å². The Balaban J connectivity index is 2.63. The van der Waals surface area contributed by atoms with E-state index >= 15 is 0 Å². The molecule has 1 unspecified atom stereocenters. The predicted octanol–water partition coefficient (Wildman–Crippen LogP) is 2.07. The lowest BCUT2D eigenvalue weighted by Gasteiger charge is -2.19. The third kappa shape index (κ3) is 5.21. The molecule has 118 valence electrons. The summed E-state index contributed by atoms with van der Waals surface area (Å²) in [6, 6.07) is 1.02. The SMILES string of the molecule is Cc1cc(C)n(C(C)CC(=O)N[C@H](CC(C)C)C(=O)O)n1. The standard InChI is InChI=1S/C15H25N3O3/c1-9(2)6-13(15(20)21)16-14(19)8-12(5)18-11(4)7-10(3)17-18/h7,9,12-13H,6,8H2,1-5H3,(H,16,19)(H,20,21)/t12?,13-/m1/s1. The van der Waals surface area contributed by atoms with Gasteiger partial charge in [-0.1, -0.05) is 13.8 Å². The molecule has 0 aliphatic heterocycles. The van der Waals surface area contributed by atoms with E-state index in [-0.39, 0.29) is 24.3 Å². The molecule has 0 saturated carbocycles. The fraction of sp³-hybridized carbons (Fsp3) is 0.667. The van der Waals surface area contributed by atoms with Crippen molar-refractivity contribution in [3.05, 3.63) is 17.5 Å². The highest BCUT2D eigenvalue weighted by molar-refractivity contribution is 5.83. The van der Waals surface area contributed by atoms with E-state index in [2.05, 4.69) is 10.4 Å². The minimum Gasteiger partial charge on any atom is -0.480 e. The Hall–Kier alpha value is -1.85. The zero-order valence-electron chi connectivity index (χ0n) is 13.4. The van der Waals surface area contributed by atoms with Crippen LogP contribution in [0.2, 0.25) is 0 Å². The van der Waals surface area contributed by atoms with E-state index in [0.717, 1.165) is 11.4 Å². The third-order valence-electron chi connectivity index (χ3n) is 3.28. The molecule has 2 N–H and O–H groups in total. The fourth-order valence-electron chi connectivity index (χ4n) is 2.39. The number of hydrogen-bond donors (Lipinski definition) is 2. The Labute approximate surface area is 125 Å². The number of aromatic nitrogens is 2. The molecule has 0 aliphatic rings.